The number of aryl methyl sites for hydroxylation is 1. The third kappa shape index (κ3) is 4.18. The maximum Gasteiger partial charge on any atom is 0.0187 e. The van der Waals surface area contributed by atoms with E-state index in [-0.39, 0.29) is 0 Å². The van der Waals surface area contributed by atoms with Crippen molar-refractivity contribution >= 4 is 11.8 Å². The number of rotatable bonds is 6. The van der Waals surface area contributed by atoms with E-state index in [4.69, 9.17) is 0 Å². The fourth-order valence-corrected chi connectivity index (χ4v) is 3.11. The summed E-state index contributed by atoms with van der Waals surface area (Å²) in [6.45, 7) is 6.70. The Hall–Kier alpha value is -0.470. The van der Waals surface area contributed by atoms with E-state index in [0.717, 1.165) is 5.75 Å². The van der Waals surface area contributed by atoms with Gasteiger partial charge in [0, 0.05) is 17.0 Å². The summed E-state index contributed by atoms with van der Waals surface area (Å²) in [6, 6.07) is 9.41. The number of benzene rings is 1. The molecule has 0 saturated heterocycles. The summed E-state index contributed by atoms with van der Waals surface area (Å²) in [5.74, 6) is 1.11. The van der Waals surface area contributed by atoms with E-state index < -0.39 is 0 Å². The SMILES string of the molecule is CCC(NC)C(C)SCc1cccc(C)c1. The molecule has 1 aromatic carbocycles. The van der Waals surface area contributed by atoms with Crippen molar-refractivity contribution in [2.24, 2.45) is 0 Å². The van der Waals surface area contributed by atoms with Gasteiger partial charge in [-0.15, -0.1) is 0 Å². The van der Waals surface area contributed by atoms with Gasteiger partial charge in [0.05, 0.1) is 0 Å². The summed E-state index contributed by atoms with van der Waals surface area (Å²) >= 11 is 2.03. The molecule has 1 N–H and O–H groups in total. The van der Waals surface area contributed by atoms with Gasteiger partial charge in [-0.3, -0.25) is 0 Å². The lowest BCUT2D eigenvalue weighted by Crippen LogP contribution is -2.33. The van der Waals surface area contributed by atoms with Crippen molar-refractivity contribution in [2.45, 2.75) is 44.2 Å². The Morgan fingerprint density at radius 1 is 1.38 bits per heavy atom. The van der Waals surface area contributed by atoms with Crippen LogP contribution in [0.2, 0.25) is 0 Å². The molecule has 0 aromatic heterocycles. The molecule has 2 unspecified atom stereocenters. The minimum absolute atomic E-state index is 0.620. The maximum absolute atomic E-state index is 3.38. The minimum Gasteiger partial charge on any atom is -0.316 e. The van der Waals surface area contributed by atoms with Gasteiger partial charge in [-0.1, -0.05) is 43.7 Å². The second-order valence-corrected chi connectivity index (χ2v) is 5.67. The fraction of sp³-hybridized carbons (Fsp3) is 0.571. The van der Waals surface area contributed by atoms with Gasteiger partial charge in [-0.05, 0) is 26.0 Å². The van der Waals surface area contributed by atoms with E-state index in [9.17, 15) is 0 Å². The average molecular weight is 237 g/mol. The van der Waals surface area contributed by atoms with Gasteiger partial charge in [0.2, 0.25) is 0 Å². The predicted octanol–water partition coefficient (Wildman–Crippen LogP) is 3.61. The molecule has 0 amide bonds. The van der Waals surface area contributed by atoms with E-state index in [1.165, 1.54) is 17.5 Å². The molecular formula is C14H23NS. The van der Waals surface area contributed by atoms with Crippen molar-refractivity contribution in [3.63, 3.8) is 0 Å². The smallest absolute Gasteiger partial charge is 0.0187 e. The molecule has 0 fully saturated rings. The lowest BCUT2D eigenvalue weighted by atomic mass is 10.2. The molecule has 2 atom stereocenters. The number of nitrogens with one attached hydrogen (secondary N) is 1. The first-order valence-corrected chi connectivity index (χ1v) is 7.06. The van der Waals surface area contributed by atoms with Crippen LogP contribution in [0.5, 0.6) is 0 Å². The van der Waals surface area contributed by atoms with Crippen LogP contribution in [0.25, 0.3) is 0 Å². The molecule has 0 heterocycles. The highest BCUT2D eigenvalue weighted by Gasteiger charge is 2.13. The molecule has 0 aliphatic rings. The summed E-state index contributed by atoms with van der Waals surface area (Å²) in [6.07, 6.45) is 1.19. The Balaban J connectivity index is 2.45. The van der Waals surface area contributed by atoms with E-state index in [2.05, 4.69) is 57.4 Å². The van der Waals surface area contributed by atoms with E-state index >= 15 is 0 Å². The molecule has 0 radical (unpaired) electrons. The lowest BCUT2D eigenvalue weighted by molar-refractivity contribution is 0.541. The second kappa shape index (κ2) is 6.97. The van der Waals surface area contributed by atoms with Crippen molar-refractivity contribution in [1.29, 1.82) is 0 Å². The van der Waals surface area contributed by atoms with Crippen LogP contribution in [0, 0.1) is 6.92 Å². The van der Waals surface area contributed by atoms with Gasteiger partial charge in [0.1, 0.15) is 0 Å². The van der Waals surface area contributed by atoms with Gasteiger partial charge < -0.3 is 5.32 Å². The maximum atomic E-state index is 3.38. The van der Waals surface area contributed by atoms with Crippen LogP contribution >= 0.6 is 11.8 Å². The molecule has 0 spiro atoms. The third-order valence-electron chi connectivity index (χ3n) is 2.97. The fourth-order valence-electron chi connectivity index (χ4n) is 1.92. The average Bonchev–Trinajstić information content (AvgIpc) is 2.28. The molecule has 0 aliphatic carbocycles. The van der Waals surface area contributed by atoms with Gasteiger partial charge in [0.25, 0.3) is 0 Å². The molecule has 2 heteroatoms. The topological polar surface area (TPSA) is 12.0 Å². The zero-order valence-corrected chi connectivity index (χ0v) is 11.6. The number of hydrogen-bond donors (Lipinski definition) is 1. The van der Waals surface area contributed by atoms with Gasteiger partial charge in [-0.25, -0.2) is 0 Å². The van der Waals surface area contributed by atoms with Crippen LogP contribution < -0.4 is 5.32 Å². The Morgan fingerprint density at radius 3 is 2.69 bits per heavy atom. The summed E-state index contributed by atoms with van der Waals surface area (Å²) < 4.78 is 0. The number of hydrogen-bond acceptors (Lipinski definition) is 2. The monoisotopic (exact) mass is 237 g/mol. The first-order valence-electron chi connectivity index (χ1n) is 6.01. The predicted molar refractivity (Wildman–Crippen MR) is 75.1 cm³/mol. The summed E-state index contributed by atoms with van der Waals surface area (Å²) in [5.41, 5.74) is 2.79. The quantitative estimate of drug-likeness (QED) is 0.811. The molecule has 1 aromatic rings. The molecular weight excluding hydrogens is 214 g/mol. The molecule has 0 aliphatic heterocycles. The zero-order chi connectivity index (χ0) is 12.0. The normalized spacial score (nSPS) is 14.8. The largest absolute Gasteiger partial charge is 0.316 e. The summed E-state index contributed by atoms with van der Waals surface area (Å²) in [7, 11) is 2.05. The van der Waals surface area contributed by atoms with Gasteiger partial charge >= 0.3 is 0 Å². The first-order chi connectivity index (χ1) is 7.67. The number of thioether (sulfide) groups is 1. The Morgan fingerprint density at radius 2 is 2.12 bits per heavy atom. The van der Waals surface area contributed by atoms with E-state index in [1.807, 2.05) is 11.8 Å². The van der Waals surface area contributed by atoms with Crippen LogP contribution in [0.4, 0.5) is 0 Å². The summed E-state index contributed by atoms with van der Waals surface area (Å²) in [4.78, 5) is 0. The highest BCUT2D eigenvalue weighted by Crippen LogP contribution is 2.21. The molecule has 0 saturated carbocycles. The lowest BCUT2D eigenvalue weighted by Gasteiger charge is -2.21. The molecule has 90 valence electrons. The van der Waals surface area contributed by atoms with Crippen molar-refractivity contribution in [3.8, 4) is 0 Å². The molecule has 1 rings (SSSR count). The zero-order valence-electron chi connectivity index (χ0n) is 10.8. The Bertz CT molecular complexity index is 307. The van der Waals surface area contributed by atoms with Crippen LogP contribution in [-0.4, -0.2) is 18.3 Å². The Kier molecular flexibility index (Phi) is 5.93. The second-order valence-electron chi connectivity index (χ2n) is 4.31. The van der Waals surface area contributed by atoms with Crippen molar-refractivity contribution in [1.82, 2.24) is 5.32 Å². The first kappa shape index (κ1) is 13.6. The molecule has 16 heavy (non-hydrogen) atoms. The van der Waals surface area contributed by atoms with Crippen LogP contribution in [0.15, 0.2) is 24.3 Å². The molecule has 1 nitrogen and oxygen atoms in total. The highest BCUT2D eigenvalue weighted by atomic mass is 32.2. The highest BCUT2D eigenvalue weighted by molar-refractivity contribution is 7.99. The van der Waals surface area contributed by atoms with Crippen molar-refractivity contribution in [2.75, 3.05) is 7.05 Å². The van der Waals surface area contributed by atoms with Gasteiger partial charge in [0.15, 0.2) is 0 Å². The van der Waals surface area contributed by atoms with Crippen molar-refractivity contribution in [3.05, 3.63) is 35.4 Å². The van der Waals surface area contributed by atoms with Crippen LogP contribution in [-0.2, 0) is 5.75 Å². The van der Waals surface area contributed by atoms with Crippen molar-refractivity contribution < 1.29 is 0 Å². The third-order valence-corrected chi connectivity index (χ3v) is 4.33. The van der Waals surface area contributed by atoms with E-state index in [0.29, 0.717) is 11.3 Å². The van der Waals surface area contributed by atoms with Crippen LogP contribution in [0.3, 0.4) is 0 Å². The van der Waals surface area contributed by atoms with Gasteiger partial charge in [-0.2, -0.15) is 11.8 Å². The van der Waals surface area contributed by atoms with Crippen LogP contribution in [0.1, 0.15) is 31.4 Å². The molecule has 0 bridgehead atoms. The minimum atomic E-state index is 0.620. The summed E-state index contributed by atoms with van der Waals surface area (Å²) in [5, 5.41) is 4.04. The Labute approximate surface area is 104 Å². The standard InChI is InChI=1S/C14H23NS/c1-5-14(15-4)12(3)16-10-13-8-6-7-11(2)9-13/h6-9,12,14-15H,5,10H2,1-4H3. The van der Waals surface area contributed by atoms with E-state index in [1.54, 1.807) is 0 Å².